The second kappa shape index (κ2) is 6.36. The van der Waals surface area contributed by atoms with E-state index in [9.17, 15) is 9.90 Å². The molecule has 0 aromatic carbocycles. The lowest BCUT2D eigenvalue weighted by molar-refractivity contribution is -0.128. The van der Waals surface area contributed by atoms with E-state index < -0.39 is 0 Å². The molecule has 2 fully saturated rings. The van der Waals surface area contributed by atoms with Crippen LogP contribution in [0, 0.1) is 11.3 Å². The van der Waals surface area contributed by atoms with E-state index in [1.807, 2.05) is 0 Å². The molecule has 0 radical (unpaired) electrons. The number of carbonyl (C=O) groups excluding carboxylic acids is 1. The van der Waals surface area contributed by atoms with Gasteiger partial charge < -0.3 is 5.11 Å². The van der Waals surface area contributed by atoms with E-state index in [-0.39, 0.29) is 12.5 Å². The van der Waals surface area contributed by atoms with E-state index in [0.29, 0.717) is 17.2 Å². The molecule has 19 heavy (non-hydrogen) atoms. The second-order valence-electron chi connectivity index (χ2n) is 7.19. The van der Waals surface area contributed by atoms with Gasteiger partial charge in [-0.3, -0.25) is 9.69 Å². The lowest BCUT2D eigenvalue weighted by atomic mass is 9.71. The highest BCUT2D eigenvalue weighted by molar-refractivity contribution is 5.82. The quantitative estimate of drug-likeness (QED) is 0.832. The van der Waals surface area contributed by atoms with Gasteiger partial charge in [-0.2, -0.15) is 0 Å². The van der Waals surface area contributed by atoms with Gasteiger partial charge in [-0.15, -0.1) is 0 Å². The van der Waals surface area contributed by atoms with Crippen LogP contribution in [-0.2, 0) is 4.79 Å². The molecule has 1 unspecified atom stereocenters. The van der Waals surface area contributed by atoms with Gasteiger partial charge >= 0.3 is 0 Å². The summed E-state index contributed by atoms with van der Waals surface area (Å²) in [6.45, 7) is 6.36. The lowest BCUT2D eigenvalue weighted by Gasteiger charge is -2.38. The van der Waals surface area contributed by atoms with Crippen molar-refractivity contribution in [1.29, 1.82) is 0 Å². The van der Waals surface area contributed by atoms with Crippen molar-refractivity contribution in [2.24, 2.45) is 11.3 Å². The molecular formula is C16H29NO2. The molecular weight excluding hydrogens is 238 g/mol. The van der Waals surface area contributed by atoms with Crippen LogP contribution >= 0.6 is 0 Å². The zero-order valence-corrected chi connectivity index (χ0v) is 12.5. The number of carbonyl (C=O) groups is 1. The topological polar surface area (TPSA) is 40.5 Å². The Morgan fingerprint density at radius 3 is 2.63 bits per heavy atom. The third-order valence-electron chi connectivity index (χ3n) is 4.99. The molecule has 1 atom stereocenters. The number of aliphatic hydroxyl groups is 1. The van der Waals surface area contributed by atoms with Gasteiger partial charge in [0.1, 0.15) is 5.78 Å². The molecule has 0 bridgehead atoms. The first kappa shape index (κ1) is 15.0. The average molecular weight is 267 g/mol. The third-order valence-corrected chi connectivity index (χ3v) is 4.99. The van der Waals surface area contributed by atoms with Crippen LogP contribution in [0.3, 0.4) is 0 Å². The molecule has 2 saturated carbocycles. The van der Waals surface area contributed by atoms with Crippen LogP contribution in [0.1, 0.15) is 58.8 Å². The minimum Gasteiger partial charge on any atom is -0.395 e. The first-order valence-electron chi connectivity index (χ1n) is 7.89. The Morgan fingerprint density at radius 2 is 2.00 bits per heavy atom. The van der Waals surface area contributed by atoms with Crippen LogP contribution in [0.4, 0.5) is 0 Å². The molecule has 0 aliphatic heterocycles. The van der Waals surface area contributed by atoms with Crippen LogP contribution in [0.2, 0.25) is 0 Å². The first-order chi connectivity index (χ1) is 9.02. The Labute approximate surface area is 117 Å². The van der Waals surface area contributed by atoms with Crippen LogP contribution in [0.25, 0.3) is 0 Å². The highest BCUT2D eigenvalue weighted by Gasteiger charge is 2.35. The maximum Gasteiger partial charge on any atom is 0.137 e. The number of nitrogens with zero attached hydrogens (tertiary/aromatic N) is 1. The first-order valence-corrected chi connectivity index (χ1v) is 7.89. The predicted octanol–water partition coefficient (Wildman–Crippen LogP) is 2.62. The van der Waals surface area contributed by atoms with Gasteiger partial charge in [-0.1, -0.05) is 26.7 Å². The van der Waals surface area contributed by atoms with E-state index in [1.165, 1.54) is 25.7 Å². The van der Waals surface area contributed by atoms with Crippen molar-refractivity contribution in [3.63, 3.8) is 0 Å². The molecule has 110 valence electrons. The monoisotopic (exact) mass is 267 g/mol. The largest absolute Gasteiger partial charge is 0.395 e. The molecule has 3 nitrogen and oxygen atoms in total. The van der Waals surface area contributed by atoms with Crippen molar-refractivity contribution >= 4 is 5.78 Å². The van der Waals surface area contributed by atoms with E-state index in [4.69, 9.17) is 0 Å². The normalized spacial score (nSPS) is 28.2. The van der Waals surface area contributed by atoms with Crippen molar-refractivity contribution in [3.05, 3.63) is 0 Å². The number of Topliss-reactive ketones (excluding diaryl/α,β-unsaturated/α-hetero) is 1. The van der Waals surface area contributed by atoms with E-state index in [0.717, 1.165) is 32.4 Å². The SMILES string of the molecule is CC1(C)CCC(=O)C(CN(CCO)C2CCCC2)C1. The highest BCUT2D eigenvalue weighted by Crippen LogP contribution is 2.37. The van der Waals surface area contributed by atoms with Crippen molar-refractivity contribution in [3.8, 4) is 0 Å². The molecule has 1 N–H and O–H groups in total. The van der Waals surface area contributed by atoms with E-state index in [1.54, 1.807) is 0 Å². The Balaban J connectivity index is 1.96. The zero-order valence-electron chi connectivity index (χ0n) is 12.5. The van der Waals surface area contributed by atoms with E-state index >= 15 is 0 Å². The van der Waals surface area contributed by atoms with Gasteiger partial charge in [0.2, 0.25) is 0 Å². The fourth-order valence-electron chi connectivity index (χ4n) is 3.82. The molecule has 2 aliphatic carbocycles. The van der Waals surface area contributed by atoms with Gasteiger partial charge in [0.15, 0.2) is 0 Å². The summed E-state index contributed by atoms with van der Waals surface area (Å²) in [5, 5.41) is 9.27. The summed E-state index contributed by atoms with van der Waals surface area (Å²) in [6.07, 6.45) is 7.88. The maximum absolute atomic E-state index is 12.1. The van der Waals surface area contributed by atoms with Crippen molar-refractivity contribution in [2.45, 2.75) is 64.8 Å². The fraction of sp³-hybridized carbons (Fsp3) is 0.938. The summed E-state index contributed by atoms with van der Waals surface area (Å²) in [5.74, 6) is 0.635. The summed E-state index contributed by atoms with van der Waals surface area (Å²) in [4.78, 5) is 14.5. The van der Waals surface area contributed by atoms with Gasteiger partial charge in [-0.05, 0) is 31.1 Å². The molecule has 0 amide bonds. The number of hydrogen-bond donors (Lipinski definition) is 1. The standard InChI is InChI=1S/C16H29NO2/c1-16(2)8-7-15(19)13(11-16)12-17(9-10-18)14-5-3-4-6-14/h13-14,18H,3-12H2,1-2H3. The summed E-state index contributed by atoms with van der Waals surface area (Å²) < 4.78 is 0. The zero-order chi connectivity index (χ0) is 13.9. The summed E-state index contributed by atoms with van der Waals surface area (Å²) in [6, 6.07) is 0.602. The summed E-state index contributed by atoms with van der Waals surface area (Å²) in [7, 11) is 0. The molecule has 0 aromatic rings. The van der Waals surface area contributed by atoms with Gasteiger partial charge in [0, 0.05) is 31.5 Å². The van der Waals surface area contributed by atoms with Crippen molar-refractivity contribution in [1.82, 2.24) is 4.90 Å². The molecule has 2 rings (SSSR count). The smallest absolute Gasteiger partial charge is 0.137 e. The van der Waals surface area contributed by atoms with Crippen LogP contribution < -0.4 is 0 Å². The fourth-order valence-corrected chi connectivity index (χ4v) is 3.82. The molecule has 2 aliphatic rings. The van der Waals surface area contributed by atoms with Crippen molar-refractivity contribution < 1.29 is 9.90 Å². The Morgan fingerprint density at radius 1 is 1.32 bits per heavy atom. The Hall–Kier alpha value is -0.410. The number of aliphatic hydroxyl groups excluding tert-OH is 1. The van der Waals surface area contributed by atoms with Crippen LogP contribution in [-0.4, -0.2) is 41.5 Å². The summed E-state index contributed by atoms with van der Waals surface area (Å²) >= 11 is 0. The Bertz CT molecular complexity index is 308. The Kier molecular flexibility index (Phi) is 5.02. The van der Waals surface area contributed by atoms with Crippen LogP contribution in [0.5, 0.6) is 0 Å². The van der Waals surface area contributed by atoms with Gasteiger partial charge in [-0.25, -0.2) is 0 Å². The predicted molar refractivity (Wildman–Crippen MR) is 77.0 cm³/mol. The average Bonchev–Trinajstić information content (AvgIpc) is 2.86. The number of ketones is 1. The highest BCUT2D eigenvalue weighted by atomic mass is 16.3. The van der Waals surface area contributed by atoms with Gasteiger partial charge in [0.05, 0.1) is 6.61 Å². The third kappa shape index (κ3) is 4.03. The maximum atomic E-state index is 12.1. The molecule has 0 aromatic heterocycles. The number of hydrogen-bond acceptors (Lipinski definition) is 3. The molecule has 3 heteroatoms. The summed E-state index contributed by atoms with van der Waals surface area (Å²) in [5.41, 5.74) is 0.305. The minimum atomic E-state index is 0.191. The van der Waals surface area contributed by atoms with Gasteiger partial charge in [0.25, 0.3) is 0 Å². The molecule has 0 spiro atoms. The van der Waals surface area contributed by atoms with Crippen molar-refractivity contribution in [2.75, 3.05) is 19.7 Å². The lowest BCUT2D eigenvalue weighted by Crippen LogP contribution is -2.43. The number of rotatable bonds is 5. The van der Waals surface area contributed by atoms with E-state index in [2.05, 4.69) is 18.7 Å². The van der Waals surface area contributed by atoms with Crippen LogP contribution in [0.15, 0.2) is 0 Å². The minimum absolute atomic E-state index is 0.191. The molecule has 0 heterocycles. The second-order valence-corrected chi connectivity index (χ2v) is 7.19. The molecule has 0 saturated heterocycles.